The second-order valence-electron chi connectivity index (χ2n) is 9.62. The van der Waals surface area contributed by atoms with Crippen LogP contribution < -0.4 is 0 Å². The van der Waals surface area contributed by atoms with Crippen LogP contribution in [0, 0.1) is 11.3 Å². The number of hydrogen-bond acceptors (Lipinski definition) is 2. The van der Waals surface area contributed by atoms with Crippen molar-refractivity contribution in [1.82, 2.24) is 9.55 Å². The number of pyridine rings is 1. The molecule has 5 aromatic carbocycles. The number of aromatic nitrogens is 2. The minimum Gasteiger partial charge on any atom is -0.309 e. The quantitative estimate of drug-likeness (QED) is 0.243. The Hall–Kier alpha value is -5.46. The molecular formula is C36H23N3. The van der Waals surface area contributed by atoms with Crippen molar-refractivity contribution in [3.05, 3.63) is 145 Å². The van der Waals surface area contributed by atoms with Gasteiger partial charge in [0.25, 0.3) is 0 Å². The number of rotatable bonds is 4. The first-order valence-corrected chi connectivity index (χ1v) is 12.9. The number of hydrogen-bond donors (Lipinski definition) is 0. The highest BCUT2D eigenvalue weighted by Gasteiger charge is 2.14. The van der Waals surface area contributed by atoms with E-state index in [1.54, 1.807) is 12.3 Å². The van der Waals surface area contributed by atoms with Gasteiger partial charge in [0, 0.05) is 28.2 Å². The lowest BCUT2D eigenvalue weighted by molar-refractivity contribution is 1.18. The van der Waals surface area contributed by atoms with Gasteiger partial charge in [-0.05, 0) is 58.7 Å². The molecule has 7 rings (SSSR count). The molecule has 0 fully saturated rings. The topological polar surface area (TPSA) is 41.6 Å². The van der Waals surface area contributed by atoms with Crippen molar-refractivity contribution in [3.8, 4) is 45.3 Å². The van der Waals surface area contributed by atoms with E-state index in [0.717, 1.165) is 28.1 Å². The van der Waals surface area contributed by atoms with Crippen LogP contribution in [-0.4, -0.2) is 9.55 Å². The Bertz CT molecular complexity index is 2000. The van der Waals surface area contributed by atoms with Crippen LogP contribution in [0.3, 0.4) is 0 Å². The monoisotopic (exact) mass is 497 g/mol. The fourth-order valence-electron chi connectivity index (χ4n) is 5.35. The van der Waals surface area contributed by atoms with Crippen molar-refractivity contribution in [2.45, 2.75) is 0 Å². The van der Waals surface area contributed by atoms with Gasteiger partial charge in [-0.2, -0.15) is 5.26 Å². The van der Waals surface area contributed by atoms with Crippen LogP contribution in [0.1, 0.15) is 5.56 Å². The van der Waals surface area contributed by atoms with Crippen LogP contribution in [0.2, 0.25) is 0 Å². The summed E-state index contributed by atoms with van der Waals surface area (Å²) < 4.78 is 2.37. The van der Waals surface area contributed by atoms with E-state index in [-0.39, 0.29) is 0 Å². The summed E-state index contributed by atoms with van der Waals surface area (Å²) >= 11 is 0. The second kappa shape index (κ2) is 9.45. The van der Waals surface area contributed by atoms with Gasteiger partial charge in [-0.3, -0.25) is 4.98 Å². The van der Waals surface area contributed by atoms with Crippen LogP contribution in [0.4, 0.5) is 0 Å². The maximum absolute atomic E-state index is 9.24. The molecule has 0 atom stereocenters. The maximum atomic E-state index is 9.24. The van der Waals surface area contributed by atoms with E-state index >= 15 is 0 Å². The van der Waals surface area contributed by atoms with E-state index < -0.39 is 0 Å². The Balaban J connectivity index is 1.38. The Morgan fingerprint density at radius 2 is 1.05 bits per heavy atom. The number of para-hydroxylation sites is 1. The Morgan fingerprint density at radius 3 is 1.67 bits per heavy atom. The van der Waals surface area contributed by atoms with Crippen molar-refractivity contribution in [1.29, 1.82) is 5.26 Å². The van der Waals surface area contributed by atoms with E-state index in [9.17, 15) is 5.26 Å². The second-order valence-corrected chi connectivity index (χ2v) is 9.62. The summed E-state index contributed by atoms with van der Waals surface area (Å²) in [5.41, 5.74) is 10.6. The Morgan fingerprint density at radius 1 is 0.513 bits per heavy atom. The number of benzene rings is 5. The predicted molar refractivity (Wildman–Crippen MR) is 160 cm³/mol. The molecule has 3 heteroatoms. The summed E-state index contributed by atoms with van der Waals surface area (Å²) in [6.07, 6.45) is 1.68. The van der Waals surface area contributed by atoms with Crippen LogP contribution >= 0.6 is 0 Å². The average molecular weight is 498 g/mol. The first kappa shape index (κ1) is 22.7. The minimum absolute atomic E-state index is 0.610. The zero-order valence-electron chi connectivity index (χ0n) is 21.1. The van der Waals surface area contributed by atoms with Crippen molar-refractivity contribution in [2.75, 3.05) is 0 Å². The lowest BCUT2D eigenvalue weighted by Crippen LogP contribution is -1.93. The molecule has 0 radical (unpaired) electrons. The zero-order chi connectivity index (χ0) is 26.2. The lowest BCUT2D eigenvalue weighted by Gasteiger charge is -2.10. The fourth-order valence-corrected chi connectivity index (χ4v) is 5.35. The van der Waals surface area contributed by atoms with Crippen molar-refractivity contribution >= 4 is 21.8 Å². The minimum atomic E-state index is 0.610. The molecule has 0 spiro atoms. The summed E-state index contributed by atoms with van der Waals surface area (Å²) in [6.45, 7) is 0. The summed E-state index contributed by atoms with van der Waals surface area (Å²) in [5.74, 6) is 0. The largest absolute Gasteiger partial charge is 0.309 e. The molecule has 0 saturated carbocycles. The van der Waals surface area contributed by atoms with Crippen LogP contribution in [0.15, 0.2) is 140 Å². The highest BCUT2D eigenvalue weighted by molar-refractivity contribution is 6.11. The predicted octanol–water partition coefficient (Wildman–Crippen LogP) is 9.05. The van der Waals surface area contributed by atoms with Gasteiger partial charge in [-0.15, -0.1) is 0 Å². The van der Waals surface area contributed by atoms with Gasteiger partial charge in [-0.25, -0.2) is 0 Å². The fraction of sp³-hybridized carbons (Fsp3) is 0. The van der Waals surface area contributed by atoms with E-state index in [1.165, 1.54) is 32.9 Å². The summed E-state index contributed by atoms with van der Waals surface area (Å²) in [6, 6.07) is 48.7. The molecule has 39 heavy (non-hydrogen) atoms. The summed E-state index contributed by atoms with van der Waals surface area (Å²) in [5, 5.41) is 11.7. The number of nitrogens with zero attached hydrogens (tertiary/aromatic N) is 3. The molecular weight excluding hydrogens is 474 g/mol. The van der Waals surface area contributed by atoms with Gasteiger partial charge in [0.15, 0.2) is 0 Å². The Kier molecular flexibility index (Phi) is 5.50. The average Bonchev–Trinajstić information content (AvgIpc) is 3.35. The van der Waals surface area contributed by atoms with Gasteiger partial charge in [-0.1, -0.05) is 97.1 Å². The lowest BCUT2D eigenvalue weighted by atomic mass is 10.00. The van der Waals surface area contributed by atoms with E-state index in [0.29, 0.717) is 5.56 Å². The van der Waals surface area contributed by atoms with Gasteiger partial charge >= 0.3 is 0 Å². The molecule has 2 aromatic heterocycles. The standard InChI is InChI=1S/C36H23N3/c37-24-25-19-20-38-34(21-25)28-13-11-27(12-14-28)30-16-18-33-32-17-15-29(26-7-3-1-4-8-26)22-35(32)39(36(33)23-30)31-9-5-2-6-10-31/h1-23H. The third-order valence-corrected chi connectivity index (χ3v) is 7.29. The molecule has 3 nitrogen and oxygen atoms in total. The molecule has 182 valence electrons. The van der Waals surface area contributed by atoms with E-state index in [2.05, 4.69) is 137 Å². The molecule has 0 aliphatic heterocycles. The molecule has 7 aromatic rings. The molecule has 2 heterocycles. The molecule has 0 amide bonds. The van der Waals surface area contributed by atoms with Crippen molar-refractivity contribution < 1.29 is 0 Å². The van der Waals surface area contributed by atoms with Gasteiger partial charge in [0.05, 0.1) is 28.4 Å². The first-order valence-electron chi connectivity index (χ1n) is 12.9. The third kappa shape index (κ3) is 4.05. The van der Waals surface area contributed by atoms with Gasteiger partial charge in [0.2, 0.25) is 0 Å². The van der Waals surface area contributed by atoms with Crippen molar-refractivity contribution in [2.24, 2.45) is 0 Å². The molecule has 0 saturated heterocycles. The highest BCUT2D eigenvalue weighted by Crippen LogP contribution is 2.37. The molecule has 0 bridgehead atoms. The van der Waals surface area contributed by atoms with Gasteiger partial charge < -0.3 is 4.57 Å². The highest BCUT2D eigenvalue weighted by atomic mass is 15.0. The van der Waals surface area contributed by atoms with E-state index in [4.69, 9.17) is 0 Å². The zero-order valence-corrected chi connectivity index (χ0v) is 21.1. The third-order valence-electron chi connectivity index (χ3n) is 7.29. The number of nitriles is 1. The molecule has 0 N–H and O–H groups in total. The van der Waals surface area contributed by atoms with Crippen LogP contribution in [-0.2, 0) is 0 Å². The van der Waals surface area contributed by atoms with Crippen molar-refractivity contribution in [3.63, 3.8) is 0 Å². The smallest absolute Gasteiger partial charge is 0.0992 e. The van der Waals surface area contributed by atoms with Gasteiger partial charge in [0.1, 0.15) is 0 Å². The summed E-state index contributed by atoms with van der Waals surface area (Å²) in [7, 11) is 0. The normalized spacial score (nSPS) is 11.1. The molecule has 0 unspecified atom stereocenters. The first-order chi connectivity index (χ1) is 19.3. The molecule has 0 aliphatic carbocycles. The van der Waals surface area contributed by atoms with Crippen LogP contribution in [0.5, 0.6) is 0 Å². The van der Waals surface area contributed by atoms with E-state index in [1.807, 2.05) is 6.07 Å². The SMILES string of the molecule is N#Cc1ccnc(-c2ccc(-c3ccc4c5ccc(-c6ccccc6)cc5n(-c5ccccc5)c4c3)cc2)c1. The maximum Gasteiger partial charge on any atom is 0.0992 e. The summed E-state index contributed by atoms with van der Waals surface area (Å²) in [4.78, 5) is 4.44. The Labute approximate surface area is 226 Å². The number of fused-ring (bicyclic) bond motifs is 3. The van der Waals surface area contributed by atoms with Crippen LogP contribution in [0.25, 0.3) is 61.0 Å². The molecule has 0 aliphatic rings.